The molecule has 2 amide bonds. The highest BCUT2D eigenvalue weighted by molar-refractivity contribution is 8.05. The van der Waals surface area contributed by atoms with Gasteiger partial charge < -0.3 is 15.3 Å². The van der Waals surface area contributed by atoms with Crippen LogP contribution in [-0.4, -0.2) is 44.8 Å². The van der Waals surface area contributed by atoms with Gasteiger partial charge in [-0.15, -0.1) is 6.58 Å². The average Bonchev–Trinajstić information content (AvgIpc) is 2.84. The van der Waals surface area contributed by atoms with Gasteiger partial charge in [0.2, 0.25) is 11.8 Å². The molecule has 0 aliphatic carbocycles. The highest BCUT2D eigenvalue weighted by atomic mass is 32.2. The van der Waals surface area contributed by atoms with Crippen LogP contribution in [0, 0.1) is 5.92 Å². The Bertz CT molecular complexity index is 630. The first kappa shape index (κ1) is 18.7. The van der Waals surface area contributed by atoms with Crippen molar-refractivity contribution in [1.29, 1.82) is 0 Å². The van der Waals surface area contributed by atoms with Gasteiger partial charge in [0.15, 0.2) is 0 Å². The standard InChI is InChI=1S/C16H20N2O4S2/c1-4-6-23-9(2)13-11-8-12(24-7-5-17-10(3)19)14(16(21)22)18(11)15(13)20/h4-5,7,9,11,13H,1,6,8H2,2-3H3,(H,17,19)(H,21,22)/t9?,11-,13-/m1/s1. The van der Waals surface area contributed by atoms with Gasteiger partial charge in [0, 0.05) is 35.5 Å². The molecule has 1 saturated heterocycles. The van der Waals surface area contributed by atoms with E-state index >= 15 is 0 Å². The molecule has 0 aromatic carbocycles. The van der Waals surface area contributed by atoms with E-state index in [2.05, 4.69) is 11.9 Å². The Labute approximate surface area is 149 Å². The quantitative estimate of drug-likeness (QED) is 0.504. The molecule has 0 saturated carbocycles. The highest BCUT2D eigenvalue weighted by Gasteiger charge is 2.56. The summed E-state index contributed by atoms with van der Waals surface area (Å²) in [5.74, 6) is -0.814. The Morgan fingerprint density at radius 3 is 2.83 bits per heavy atom. The molecule has 2 N–H and O–H groups in total. The van der Waals surface area contributed by atoms with Crippen LogP contribution >= 0.6 is 23.5 Å². The summed E-state index contributed by atoms with van der Waals surface area (Å²) < 4.78 is 0. The summed E-state index contributed by atoms with van der Waals surface area (Å²) >= 11 is 2.88. The predicted octanol–water partition coefficient (Wildman–Crippen LogP) is 2.16. The first-order chi connectivity index (χ1) is 11.4. The van der Waals surface area contributed by atoms with Crippen LogP contribution in [0.1, 0.15) is 20.3 Å². The fourth-order valence-corrected chi connectivity index (χ4v) is 4.72. The third-order valence-corrected chi connectivity index (χ3v) is 6.08. The zero-order chi connectivity index (χ0) is 17.9. The van der Waals surface area contributed by atoms with E-state index in [0.717, 1.165) is 5.75 Å². The maximum absolute atomic E-state index is 12.4. The third kappa shape index (κ3) is 3.70. The number of fused-ring (bicyclic) bond motifs is 1. The lowest BCUT2D eigenvalue weighted by molar-refractivity contribution is -0.154. The number of carbonyl (C=O) groups is 3. The summed E-state index contributed by atoms with van der Waals surface area (Å²) in [6.45, 7) is 7.07. The van der Waals surface area contributed by atoms with Crippen LogP contribution in [0.2, 0.25) is 0 Å². The maximum Gasteiger partial charge on any atom is 0.353 e. The normalized spacial score (nSPS) is 23.9. The summed E-state index contributed by atoms with van der Waals surface area (Å²) in [6, 6.07) is -0.0902. The van der Waals surface area contributed by atoms with E-state index in [1.165, 1.54) is 29.8 Å². The lowest BCUT2D eigenvalue weighted by Gasteiger charge is -2.45. The molecule has 0 aromatic heterocycles. The predicted molar refractivity (Wildman–Crippen MR) is 96.1 cm³/mol. The number of aliphatic carboxylic acids is 1. The first-order valence-electron chi connectivity index (χ1n) is 7.49. The highest BCUT2D eigenvalue weighted by Crippen LogP contribution is 2.48. The molecule has 1 unspecified atom stereocenters. The smallest absolute Gasteiger partial charge is 0.353 e. The van der Waals surface area contributed by atoms with E-state index in [9.17, 15) is 19.5 Å². The number of nitrogens with zero attached hydrogens (tertiary/aromatic N) is 1. The number of carboxylic acids is 1. The first-order valence-corrected chi connectivity index (χ1v) is 9.42. The molecule has 0 spiro atoms. The molecule has 2 aliphatic heterocycles. The minimum atomic E-state index is -1.09. The SMILES string of the molecule is C=CCSC(C)[C@H]1C(=O)N2C(C(=O)O)=C(SC=CNC(C)=O)C[C@H]12. The molecule has 24 heavy (non-hydrogen) atoms. The maximum atomic E-state index is 12.4. The number of carboxylic acid groups (broad SMARTS) is 1. The minimum absolute atomic E-state index is 0.0691. The number of hydrogen-bond donors (Lipinski definition) is 2. The molecule has 2 aliphatic rings. The van der Waals surface area contributed by atoms with Crippen LogP contribution in [0.25, 0.3) is 0 Å². The van der Waals surface area contributed by atoms with Gasteiger partial charge in [0.1, 0.15) is 5.70 Å². The molecule has 8 heteroatoms. The molecule has 2 heterocycles. The van der Waals surface area contributed by atoms with Crippen molar-refractivity contribution in [1.82, 2.24) is 10.2 Å². The summed E-state index contributed by atoms with van der Waals surface area (Å²) in [6.07, 6.45) is 3.80. The lowest BCUT2D eigenvalue weighted by atomic mass is 9.85. The van der Waals surface area contributed by atoms with Crippen LogP contribution in [0.3, 0.4) is 0 Å². The Morgan fingerprint density at radius 2 is 2.25 bits per heavy atom. The van der Waals surface area contributed by atoms with Crippen molar-refractivity contribution in [2.45, 2.75) is 31.6 Å². The van der Waals surface area contributed by atoms with E-state index in [1.807, 2.05) is 6.92 Å². The van der Waals surface area contributed by atoms with Gasteiger partial charge in [-0.05, 0) is 5.41 Å². The second-order valence-corrected chi connectivity index (χ2v) is 7.94. The number of nitrogens with one attached hydrogen (secondary N) is 1. The minimum Gasteiger partial charge on any atom is -0.477 e. The number of rotatable bonds is 8. The molecule has 2 rings (SSSR count). The van der Waals surface area contributed by atoms with Gasteiger partial charge >= 0.3 is 5.97 Å². The zero-order valence-electron chi connectivity index (χ0n) is 13.5. The van der Waals surface area contributed by atoms with Crippen LogP contribution < -0.4 is 5.32 Å². The molecule has 0 radical (unpaired) electrons. The molecular formula is C16H20N2O4S2. The van der Waals surface area contributed by atoms with Crippen molar-refractivity contribution in [2.24, 2.45) is 5.92 Å². The van der Waals surface area contributed by atoms with Crippen molar-refractivity contribution in [3.63, 3.8) is 0 Å². The zero-order valence-corrected chi connectivity index (χ0v) is 15.2. The van der Waals surface area contributed by atoms with Crippen LogP contribution in [0.15, 0.2) is 34.9 Å². The number of thioether (sulfide) groups is 2. The van der Waals surface area contributed by atoms with Gasteiger partial charge in [0.25, 0.3) is 0 Å². The van der Waals surface area contributed by atoms with Gasteiger partial charge in [-0.2, -0.15) is 11.8 Å². The van der Waals surface area contributed by atoms with Crippen LogP contribution in [0.4, 0.5) is 0 Å². The molecule has 1 fully saturated rings. The second kappa shape index (κ2) is 7.94. The number of β-lactam (4-membered cyclic amide) rings is 1. The van der Waals surface area contributed by atoms with Crippen LogP contribution in [0.5, 0.6) is 0 Å². The van der Waals surface area contributed by atoms with Gasteiger partial charge in [-0.1, -0.05) is 24.8 Å². The largest absolute Gasteiger partial charge is 0.477 e. The Balaban J connectivity index is 2.09. The van der Waals surface area contributed by atoms with E-state index in [4.69, 9.17) is 0 Å². The fourth-order valence-electron chi connectivity index (χ4n) is 2.91. The molecule has 130 valence electrons. The topological polar surface area (TPSA) is 86.7 Å². The van der Waals surface area contributed by atoms with Crippen molar-refractivity contribution in [3.8, 4) is 0 Å². The Hall–Kier alpha value is -1.67. The van der Waals surface area contributed by atoms with Crippen molar-refractivity contribution < 1.29 is 19.5 Å². The van der Waals surface area contributed by atoms with E-state index in [1.54, 1.807) is 23.2 Å². The average molecular weight is 368 g/mol. The monoisotopic (exact) mass is 368 g/mol. The number of hydrogen-bond acceptors (Lipinski definition) is 5. The van der Waals surface area contributed by atoms with Gasteiger partial charge in [0.05, 0.1) is 12.0 Å². The van der Waals surface area contributed by atoms with E-state index < -0.39 is 5.97 Å². The van der Waals surface area contributed by atoms with Crippen LogP contribution in [-0.2, 0) is 14.4 Å². The summed E-state index contributed by atoms with van der Waals surface area (Å²) in [4.78, 5) is 36.9. The molecular weight excluding hydrogens is 348 g/mol. The van der Waals surface area contributed by atoms with Gasteiger partial charge in [-0.25, -0.2) is 4.79 Å². The molecule has 0 bridgehead atoms. The van der Waals surface area contributed by atoms with Crippen molar-refractivity contribution in [3.05, 3.63) is 34.9 Å². The lowest BCUT2D eigenvalue weighted by Crippen LogP contribution is -2.61. The van der Waals surface area contributed by atoms with Crippen molar-refractivity contribution >= 4 is 41.3 Å². The number of amides is 2. The summed E-state index contributed by atoms with van der Waals surface area (Å²) in [5.41, 5.74) is 0.0691. The summed E-state index contributed by atoms with van der Waals surface area (Å²) in [5, 5.41) is 13.7. The number of carbonyl (C=O) groups excluding carboxylic acids is 2. The Kier molecular flexibility index (Phi) is 6.17. The molecule has 0 aromatic rings. The third-order valence-electron chi connectivity index (χ3n) is 3.92. The Morgan fingerprint density at radius 1 is 1.54 bits per heavy atom. The second-order valence-electron chi connectivity index (χ2n) is 5.53. The molecule has 6 nitrogen and oxygen atoms in total. The molecule has 3 atom stereocenters. The van der Waals surface area contributed by atoms with E-state index in [-0.39, 0.29) is 34.7 Å². The summed E-state index contributed by atoms with van der Waals surface area (Å²) in [7, 11) is 0. The fraction of sp³-hybridized carbons (Fsp3) is 0.438. The van der Waals surface area contributed by atoms with E-state index in [0.29, 0.717) is 11.3 Å². The van der Waals surface area contributed by atoms with Crippen molar-refractivity contribution in [2.75, 3.05) is 5.75 Å². The van der Waals surface area contributed by atoms with Gasteiger partial charge in [-0.3, -0.25) is 9.59 Å².